The van der Waals surface area contributed by atoms with E-state index in [0.717, 1.165) is 5.52 Å². The van der Waals surface area contributed by atoms with Crippen molar-refractivity contribution in [1.82, 2.24) is 9.61 Å². The third-order valence-corrected chi connectivity index (χ3v) is 4.18. The number of nitrogens with one attached hydrogen (secondary N) is 1. The molecule has 0 saturated heterocycles. The minimum atomic E-state index is -3.60. The number of benzene rings is 1. The van der Waals surface area contributed by atoms with Crippen molar-refractivity contribution >= 4 is 21.2 Å². The van der Waals surface area contributed by atoms with Crippen molar-refractivity contribution in [3.8, 4) is 0 Å². The lowest BCUT2D eigenvalue weighted by molar-refractivity contribution is 0.599. The van der Waals surface area contributed by atoms with Crippen LogP contribution in [0.2, 0.25) is 0 Å². The highest BCUT2D eigenvalue weighted by molar-refractivity contribution is 7.91. The molecule has 3 aromatic rings. The van der Waals surface area contributed by atoms with Crippen LogP contribution in [0.4, 0.5) is 10.1 Å². The number of halogens is 1. The molecule has 0 fully saturated rings. The van der Waals surface area contributed by atoms with E-state index in [9.17, 15) is 12.8 Å². The lowest BCUT2D eigenvalue weighted by Crippen LogP contribution is -2.15. The first-order valence-electron chi connectivity index (χ1n) is 6.20. The standard InChI is InChI=1S/C14H12FN3O2S/c15-12-3-1-2-11(8-12)10-21(19,20)17-13-5-7-18-14(9-13)4-6-16-18/h1-9,17H,10H2. The largest absolute Gasteiger partial charge is 0.283 e. The van der Waals surface area contributed by atoms with Gasteiger partial charge in [0.25, 0.3) is 0 Å². The van der Waals surface area contributed by atoms with Crippen molar-refractivity contribution in [2.75, 3.05) is 4.72 Å². The molecule has 0 aliphatic heterocycles. The summed E-state index contributed by atoms with van der Waals surface area (Å²) in [6.45, 7) is 0. The zero-order chi connectivity index (χ0) is 14.9. The van der Waals surface area contributed by atoms with E-state index >= 15 is 0 Å². The zero-order valence-corrected chi connectivity index (χ0v) is 11.7. The SMILES string of the molecule is O=S(=O)(Cc1cccc(F)c1)Nc1ccn2nccc2c1. The molecule has 0 atom stereocenters. The molecule has 0 amide bonds. The maximum Gasteiger partial charge on any atom is 0.236 e. The first-order chi connectivity index (χ1) is 10.0. The van der Waals surface area contributed by atoms with Crippen LogP contribution in [0.5, 0.6) is 0 Å². The van der Waals surface area contributed by atoms with E-state index in [0.29, 0.717) is 11.3 Å². The van der Waals surface area contributed by atoms with Gasteiger partial charge in [-0.15, -0.1) is 0 Å². The van der Waals surface area contributed by atoms with Gasteiger partial charge in [-0.3, -0.25) is 4.72 Å². The lowest BCUT2D eigenvalue weighted by Gasteiger charge is -2.08. The summed E-state index contributed by atoms with van der Waals surface area (Å²) in [6, 6.07) is 10.6. The van der Waals surface area contributed by atoms with Gasteiger partial charge in [0, 0.05) is 12.4 Å². The molecule has 7 heteroatoms. The van der Waals surface area contributed by atoms with E-state index in [2.05, 4.69) is 9.82 Å². The molecule has 5 nitrogen and oxygen atoms in total. The summed E-state index contributed by atoms with van der Waals surface area (Å²) in [6.07, 6.45) is 3.29. The van der Waals surface area contributed by atoms with Gasteiger partial charge >= 0.3 is 0 Å². The van der Waals surface area contributed by atoms with Gasteiger partial charge in [0.2, 0.25) is 10.0 Å². The Kier molecular flexibility index (Phi) is 3.34. The van der Waals surface area contributed by atoms with Gasteiger partial charge in [-0.2, -0.15) is 5.10 Å². The monoisotopic (exact) mass is 305 g/mol. The van der Waals surface area contributed by atoms with Crippen LogP contribution in [-0.4, -0.2) is 18.0 Å². The normalized spacial score (nSPS) is 11.7. The molecule has 2 heterocycles. The predicted octanol–water partition coefficient (Wildman–Crippen LogP) is 2.42. The molecule has 0 saturated carbocycles. The fourth-order valence-electron chi connectivity index (χ4n) is 2.05. The first kappa shape index (κ1) is 13.6. The van der Waals surface area contributed by atoms with E-state index < -0.39 is 15.8 Å². The third-order valence-electron chi connectivity index (χ3n) is 2.92. The number of sulfonamides is 1. The van der Waals surface area contributed by atoms with Crippen molar-refractivity contribution in [1.29, 1.82) is 0 Å². The first-order valence-corrected chi connectivity index (χ1v) is 7.85. The van der Waals surface area contributed by atoms with Gasteiger partial charge in [0.1, 0.15) is 5.82 Å². The Morgan fingerprint density at radius 2 is 2.05 bits per heavy atom. The second-order valence-electron chi connectivity index (χ2n) is 4.61. The van der Waals surface area contributed by atoms with Crippen molar-refractivity contribution in [3.63, 3.8) is 0 Å². The Balaban J connectivity index is 1.82. The summed E-state index contributed by atoms with van der Waals surface area (Å²) < 4.78 is 41.4. The Labute approximate surface area is 121 Å². The quantitative estimate of drug-likeness (QED) is 0.805. The highest BCUT2D eigenvalue weighted by atomic mass is 32.2. The van der Waals surface area contributed by atoms with Gasteiger partial charge in [0.15, 0.2) is 0 Å². The number of rotatable bonds is 4. The smallest absolute Gasteiger partial charge is 0.236 e. The fraction of sp³-hybridized carbons (Fsp3) is 0.0714. The molecule has 1 N–H and O–H groups in total. The number of aromatic nitrogens is 2. The van der Waals surface area contributed by atoms with Crippen LogP contribution in [0.3, 0.4) is 0 Å². The Hall–Kier alpha value is -2.41. The number of hydrogen-bond acceptors (Lipinski definition) is 3. The van der Waals surface area contributed by atoms with E-state index in [-0.39, 0.29) is 5.75 Å². The van der Waals surface area contributed by atoms with Gasteiger partial charge < -0.3 is 0 Å². The Morgan fingerprint density at radius 3 is 2.86 bits per heavy atom. The molecule has 0 aliphatic rings. The predicted molar refractivity (Wildman–Crippen MR) is 77.8 cm³/mol. The molecule has 21 heavy (non-hydrogen) atoms. The minimum absolute atomic E-state index is 0.283. The van der Waals surface area contributed by atoms with E-state index in [1.54, 1.807) is 41.2 Å². The Morgan fingerprint density at radius 1 is 1.19 bits per heavy atom. The molecule has 3 rings (SSSR count). The second-order valence-corrected chi connectivity index (χ2v) is 6.33. The van der Waals surface area contributed by atoms with Gasteiger partial charge in [-0.05, 0) is 35.9 Å². The summed E-state index contributed by atoms with van der Waals surface area (Å²) in [5.41, 5.74) is 1.62. The molecular weight excluding hydrogens is 293 g/mol. The summed E-state index contributed by atoms with van der Waals surface area (Å²) >= 11 is 0. The van der Waals surface area contributed by atoms with Crippen molar-refractivity contribution < 1.29 is 12.8 Å². The third kappa shape index (κ3) is 3.19. The van der Waals surface area contributed by atoms with E-state index in [1.807, 2.05) is 0 Å². The fourth-order valence-corrected chi connectivity index (χ4v) is 3.22. The molecular formula is C14H12FN3O2S. The zero-order valence-electron chi connectivity index (χ0n) is 10.9. The van der Waals surface area contributed by atoms with Crippen LogP contribution in [0, 0.1) is 5.82 Å². The van der Waals surface area contributed by atoms with Gasteiger partial charge in [-0.25, -0.2) is 17.3 Å². The molecule has 0 unspecified atom stereocenters. The molecule has 0 bridgehead atoms. The molecule has 0 spiro atoms. The minimum Gasteiger partial charge on any atom is -0.283 e. The van der Waals surface area contributed by atoms with Crippen LogP contribution < -0.4 is 4.72 Å². The molecule has 108 valence electrons. The lowest BCUT2D eigenvalue weighted by atomic mass is 10.2. The Bertz CT molecular complexity index is 890. The number of nitrogens with zero attached hydrogens (tertiary/aromatic N) is 2. The number of anilines is 1. The van der Waals surface area contributed by atoms with Crippen molar-refractivity contribution in [2.45, 2.75) is 5.75 Å². The molecule has 1 aromatic carbocycles. The van der Waals surface area contributed by atoms with Gasteiger partial charge in [0.05, 0.1) is 17.0 Å². The summed E-state index contributed by atoms with van der Waals surface area (Å²) in [7, 11) is -3.60. The maximum absolute atomic E-state index is 13.1. The van der Waals surface area contributed by atoms with Crippen molar-refractivity contribution in [3.05, 3.63) is 66.2 Å². The topological polar surface area (TPSA) is 63.5 Å². The maximum atomic E-state index is 13.1. The van der Waals surface area contributed by atoms with Crippen molar-refractivity contribution in [2.24, 2.45) is 0 Å². The number of fused-ring (bicyclic) bond motifs is 1. The van der Waals surface area contributed by atoms with Crippen LogP contribution in [0.15, 0.2) is 54.9 Å². The summed E-state index contributed by atoms with van der Waals surface area (Å²) in [5, 5.41) is 4.03. The van der Waals surface area contributed by atoms with Crippen LogP contribution >= 0.6 is 0 Å². The number of pyridine rings is 1. The van der Waals surface area contributed by atoms with Gasteiger partial charge in [-0.1, -0.05) is 12.1 Å². The number of hydrogen-bond donors (Lipinski definition) is 1. The molecule has 0 aliphatic carbocycles. The van der Waals surface area contributed by atoms with E-state index in [4.69, 9.17) is 0 Å². The van der Waals surface area contributed by atoms with Crippen LogP contribution in [-0.2, 0) is 15.8 Å². The van der Waals surface area contributed by atoms with E-state index in [1.165, 1.54) is 18.2 Å². The summed E-state index contributed by atoms with van der Waals surface area (Å²) in [4.78, 5) is 0. The van der Waals surface area contributed by atoms with Crippen LogP contribution in [0.1, 0.15) is 5.56 Å². The highest BCUT2D eigenvalue weighted by Gasteiger charge is 2.12. The van der Waals surface area contributed by atoms with Crippen LogP contribution in [0.25, 0.3) is 5.52 Å². The second kappa shape index (κ2) is 5.17. The molecule has 2 aromatic heterocycles. The average molecular weight is 305 g/mol. The average Bonchev–Trinajstić information content (AvgIpc) is 2.84. The molecule has 0 radical (unpaired) electrons. The summed E-state index contributed by atoms with van der Waals surface area (Å²) in [5.74, 6) is -0.738. The highest BCUT2D eigenvalue weighted by Crippen LogP contribution is 2.15.